The van der Waals surface area contributed by atoms with Crippen LogP contribution in [0.5, 0.6) is 5.75 Å². The molecule has 0 aliphatic rings. The first-order chi connectivity index (χ1) is 11.7. The predicted molar refractivity (Wildman–Crippen MR) is 87.9 cm³/mol. The number of thiophene rings is 1. The third kappa shape index (κ3) is 6.11. The third-order valence-corrected chi connectivity index (χ3v) is 3.88. The average molecular weight is 372 g/mol. The molecular formula is C16H15F3N2O3S. The molecule has 1 atom stereocenters. The number of nitrogens with one attached hydrogen (secondary N) is 2. The van der Waals surface area contributed by atoms with Crippen LogP contribution in [0.2, 0.25) is 0 Å². The van der Waals surface area contributed by atoms with E-state index in [-0.39, 0.29) is 11.7 Å². The van der Waals surface area contributed by atoms with Crippen molar-refractivity contribution in [3.8, 4) is 5.75 Å². The minimum atomic E-state index is -4.41. The summed E-state index contributed by atoms with van der Waals surface area (Å²) < 4.78 is 40.8. The van der Waals surface area contributed by atoms with Gasteiger partial charge in [0.25, 0.3) is 5.91 Å². The van der Waals surface area contributed by atoms with Crippen LogP contribution in [-0.2, 0) is 4.79 Å². The maximum Gasteiger partial charge on any atom is 0.422 e. The number of rotatable bonds is 6. The Morgan fingerprint density at radius 2 is 1.88 bits per heavy atom. The lowest BCUT2D eigenvalue weighted by Gasteiger charge is -2.14. The van der Waals surface area contributed by atoms with Crippen LogP contribution >= 0.6 is 11.3 Å². The molecule has 0 radical (unpaired) electrons. The molecule has 1 unspecified atom stereocenters. The quantitative estimate of drug-likeness (QED) is 0.816. The molecule has 5 nitrogen and oxygen atoms in total. The van der Waals surface area contributed by atoms with Crippen molar-refractivity contribution in [2.45, 2.75) is 19.1 Å². The lowest BCUT2D eigenvalue weighted by Crippen LogP contribution is -2.41. The molecule has 0 bridgehead atoms. The van der Waals surface area contributed by atoms with E-state index in [9.17, 15) is 22.8 Å². The van der Waals surface area contributed by atoms with Gasteiger partial charge in [0.2, 0.25) is 5.91 Å². The van der Waals surface area contributed by atoms with Crippen LogP contribution in [0.3, 0.4) is 0 Å². The minimum absolute atomic E-state index is 0.0365. The fourth-order valence-corrected chi connectivity index (χ4v) is 2.42. The first-order valence-corrected chi connectivity index (χ1v) is 8.07. The van der Waals surface area contributed by atoms with Crippen molar-refractivity contribution in [3.05, 3.63) is 46.7 Å². The Hall–Kier alpha value is -2.55. The van der Waals surface area contributed by atoms with Crippen LogP contribution in [0, 0.1) is 0 Å². The van der Waals surface area contributed by atoms with E-state index >= 15 is 0 Å². The number of ether oxygens (including phenoxy) is 1. The van der Waals surface area contributed by atoms with Gasteiger partial charge in [0, 0.05) is 5.69 Å². The molecule has 0 saturated carbocycles. The zero-order valence-electron chi connectivity index (χ0n) is 13.1. The monoisotopic (exact) mass is 372 g/mol. The van der Waals surface area contributed by atoms with Gasteiger partial charge in [-0.15, -0.1) is 11.3 Å². The first-order valence-electron chi connectivity index (χ1n) is 7.19. The molecule has 0 saturated heterocycles. The molecule has 2 N–H and O–H groups in total. The lowest BCUT2D eigenvalue weighted by atomic mass is 10.2. The third-order valence-electron chi connectivity index (χ3n) is 3.01. The van der Waals surface area contributed by atoms with E-state index in [0.29, 0.717) is 10.6 Å². The summed E-state index contributed by atoms with van der Waals surface area (Å²) in [4.78, 5) is 24.4. The molecule has 25 heavy (non-hydrogen) atoms. The Labute approximate surface area is 145 Å². The normalized spacial score (nSPS) is 12.3. The number of carbonyl (C=O) groups excluding carboxylic acids is 2. The zero-order valence-corrected chi connectivity index (χ0v) is 13.9. The number of benzene rings is 1. The molecule has 1 heterocycles. The Bertz CT molecular complexity index is 715. The van der Waals surface area contributed by atoms with Gasteiger partial charge >= 0.3 is 6.18 Å². The Balaban J connectivity index is 1.86. The smallest absolute Gasteiger partial charge is 0.422 e. The van der Waals surface area contributed by atoms with Gasteiger partial charge in [-0.1, -0.05) is 6.07 Å². The molecule has 2 amide bonds. The number of alkyl halides is 3. The summed E-state index contributed by atoms with van der Waals surface area (Å²) in [6.07, 6.45) is -4.41. The summed E-state index contributed by atoms with van der Waals surface area (Å²) in [6.45, 7) is 0.145. The molecule has 134 valence electrons. The van der Waals surface area contributed by atoms with Gasteiger partial charge in [-0.2, -0.15) is 13.2 Å². The van der Waals surface area contributed by atoms with Crippen molar-refractivity contribution in [1.82, 2.24) is 5.32 Å². The van der Waals surface area contributed by atoms with Gasteiger partial charge in [0.05, 0.1) is 4.88 Å². The molecular weight excluding hydrogens is 357 g/mol. The van der Waals surface area contributed by atoms with E-state index in [0.717, 1.165) is 0 Å². The molecule has 1 aromatic heterocycles. The maximum atomic E-state index is 12.1. The topological polar surface area (TPSA) is 67.4 Å². The van der Waals surface area contributed by atoms with Crippen molar-refractivity contribution >= 4 is 28.8 Å². The first kappa shape index (κ1) is 18.8. The number of carbonyl (C=O) groups is 2. The van der Waals surface area contributed by atoms with E-state index in [1.807, 2.05) is 0 Å². The van der Waals surface area contributed by atoms with Gasteiger partial charge in [-0.3, -0.25) is 9.59 Å². The number of hydrogen-bond acceptors (Lipinski definition) is 4. The van der Waals surface area contributed by atoms with Crippen LogP contribution < -0.4 is 15.4 Å². The minimum Gasteiger partial charge on any atom is -0.484 e. The second-order valence-corrected chi connectivity index (χ2v) is 6.04. The highest BCUT2D eigenvalue weighted by Gasteiger charge is 2.28. The molecule has 0 fully saturated rings. The number of hydrogen-bond donors (Lipinski definition) is 2. The van der Waals surface area contributed by atoms with Gasteiger partial charge in [-0.25, -0.2) is 0 Å². The van der Waals surface area contributed by atoms with Crippen LogP contribution in [-0.4, -0.2) is 30.6 Å². The highest BCUT2D eigenvalue weighted by atomic mass is 32.1. The molecule has 0 aliphatic heterocycles. The number of anilines is 1. The SMILES string of the molecule is CC(NC(=O)c1cccs1)C(=O)Nc1ccc(OCC(F)(F)F)cc1. The lowest BCUT2D eigenvalue weighted by molar-refractivity contribution is -0.153. The number of halogens is 3. The van der Waals surface area contributed by atoms with Crippen molar-refractivity contribution < 1.29 is 27.5 Å². The number of amides is 2. The summed E-state index contributed by atoms with van der Waals surface area (Å²) in [5, 5.41) is 6.88. The van der Waals surface area contributed by atoms with E-state index in [1.165, 1.54) is 42.5 Å². The fraction of sp³-hybridized carbons (Fsp3) is 0.250. The van der Waals surface area contributed by atoms with Crippen molar-refractivity contribution in [2.75, 3.05) is 11.9 Å². The molecule has 1 aromatic carbocycles. The Morgan fingerprint density at radius 3 is 2.44 bits per heavy atom. The van der Waals surface area contributed by atoms with E-state index in [1.54, 1.807) is 17.5 Å². The van der Waals surface area contributed by atoms with Crippen LogP contribution in [0.15, 0.2) is 41.8 Å². The van der Waals surface area contributed by atoms with Crippen LogP contribution in [0.1, 0.15) is 16.6 Å². The average Bonchev–Trinajstić information content (AvgIpc) is 3.08. The summed E-state index contributed by atoms with van der Waals surface area (Å²) in [5.74, 6) is -0.767. The summed E-state index contributed by atoms with van der Waals surface area (Å²) in [7, 11) is 0. The van der Waals surface area contributed by atoms with Crippen LogP contribution in [0.25, 0.3) is 0 Å². The molecule has 2 aromatic rings. The van der Waals surface area contributed by atoms with Gasteiger partial charge < -0.3 is 15.4 Å². The van der Waals surface area contributed by atoms with E-state index < -0.39 is 24.7 Å². The van der Waals surface area contributed by atoms with E-state index in [2.05, 4.69) is 15.4 Å². The van der Waals surface area contributed by atoms with Crippen molar-refractivity contribution in [2.24, 2.45) is 0 Å². The molecule has 0 spiro atoms. The molecule has 0 aliphatic carbocycles. The van der Waals surface area contributed by atoms with Gasteiger partial charge in [0.1, 0.15) is 11.8 Å². The molecule has 2 rings (SSSR count). The summed E-state index contributed by atoms with van der Waals surface area (Å²) in [6, 6.07) is 8.05. The predicted octanol–water partition coefficient (Wildman–Crippen LogP) is 3.45. The highest BCUT2D eigenvalue weighted by molar-refractivity contribution is 7.12. The summed E-state index contributed by atoms with van der Waals surface area (Å²) in [5.41, 5.74) is 0.376. The molecule has 9 heteroatoms. The second-order valence-electron chi connectivity index (χ2n) is 5.09. The van der Waals surface area contributed by atoms with Crippen molar-refractivity contribution in [3.63, 3.8) is 0 Å². The Morgan fingerprint density at radius 1 is 1.20 bits per heavy atom. The maximum absolute atomic E-state index is 12.1. The second kappa shape index (κ2) is 8.02. The van der Waals surface area contributed by atoms with Gasteiger partial charge in [0.15, 0.2) is 6.61 Å². The standard InChI is InChI=1S/C16H15F3N2O3S/c1-10(20-15(23)13-3-2-8-25-13)14(22)21-11-4-6-12(7-5-11)24-9-16(17,18)19/h2-8,10H,9H2,1H3,(H,20,23)(H,21,22). The largest absolute Gasteiger partial charge is 0.484 e. The van der Waals surface area contributed by atoms with Gasteiger partial charge in [-0.05, 0) is 42.6 Å². The summed E-state index contributed by atoms with van der Waals surface area (Å²) >= 11 is 1.26. The van der Waals surface area contributed by atoms with Crippen LogP contribution in [0.4, 0.5) is 18.9 Å². The zero-order chi connectivity index (χ0) is 18.4. The van der Waals surface area contributed by atoms with Crippen molar-refractivity contribution in [1.29, 1.82) is 0 Å². The Kier molecular flexibility index (Phi) is 6.02. The van der Waals surface area contributed by atoms with E-state index in [4.69, 9.17) is 0 Å². The fourth-order valence-electron chi connectivity index (χ4n) is 1.79. The highest BCUT2D eigenvalue weighted by Crippen LogP contribution is 2.20.